The van der Waals surface area contributed by atoms with E-state index in [1.807, 2.05) is 18.2 Å². The first-order valence-electron chi connectivity index (χ1n) is 8.72. The van der Waals surface area contributed by atoms with Crippen molar-refractivity contribution in [1.82, 2.24) is 15.5 Å². The molecule has 1 aliphatic heterocycles. The molecule has 1 amide bonds. The zero-order valence-corrected chi connectivity index (χ0v) is 15.5. The summed E-state index contributed by atoms with van der Waals surface area (Å²) < 4.78 is 0. The highest BCUT2D eigenvalue weighted by molar-refractivity contribution is 6.31. The predicted molar refractivity (Wildman–Crippen MR) is 101 cm³/mol. The molecule has 1 aromatic rings. The molecule has 24 heavy (non-hydrogen) atoms. The molecule has 1 atom stereocenters. The summed E-state index contributed by atoms with van der Waals surface area (Å²) in [6, 6.07) is 8.48. The van der Waals surface area contributed by atoms with Crippen molar-refractivity contribution >= 4 is 29.9 Å². The van der Waals surface area contributed by atoms with Crippen molar-refractivity contribution in [2.45, 2.75) is 44.2 Å². The van der Waals surface area contributed by atoms with Gasteiger partial charge in [-0.1, -0.05) is 49.1 Å². The van der Waals surface area contributed by atoms with Crippen LogP contribution in [-0.2, 0) is 4.79 Å². The van der Waals surface area contributed by atoms with E-state index in [2.05, 4.69) is 21.6 Å². The molecule has 0 bridgehead atoms. The number of hydrogen-bond donors (Lipinski definition) is 2. The van der Waals surface area contributed by atoms with Crippen LogP contribution in [0, 0.1) is 0 Å². The van der Waals surface area contributed by atoms with Gasteiger partial charge in [0.25, 0.3) is 0 Å². The van der Waals surface area contributed by atoms with Gasteiger partial charge in [0, 0.05) is 36.7 Å². The van der Waals surface area contributed by atoms with E-state index in [0.29, 0.717) is 12.6 Å². The number of halogens is 2. The summed E-state index contributed by atoms with van der Waals surface area (Å²) in [5, 5.41) is 7.41. The van der Waals surface area contributed by atoms with Crippen LogP contribution in [0.25, 0.3) is 0 Å². The van der Waals surface area contributed by atoms with Crippen LogP contribution in [0.15, 0.2) is 24.3 Å². The van der Waals surface area contributed by atoms with Crippen LogP contribution in [0.2, 0.25) is 5.02 Å². The number of carbonyl (C=O) groups excluding carboxylic acids is 1. The topological polar surface area (TPSA) is 44.4 Å². The number of amides is 1. The third kappa shape index (κ3) is 5.09. The maximum Gasteiger partial charge on any atom is 0.234 e. The third-order valence-corrected chi connectivity index (χ3v) is 5.28. The van der Waals surface area contributed by atoms with Crippen molar-refractivity contribution in [3.63, 3.8) is 0 Å². The first-order chi connectivity index (χ1) is 11.2. The fourth-order valence-electron chi connectivity index (χ4n) is 3.69. The van der Waals surface area contributed by atoms with E-state index in [4.69, 9.17) is 11.6 Å². The first kappa shape index (κ1) is 19.5. The van der Waals surface area contributed by atoms with Gasteiger partial charge >= 0.3 is 0 Å². The summed E-state index contributed by atoms with van der Waals surface area (Å²) in [6.45, 7) is 3.07. The fourth-order valence-corrected chi connectivity index (χ4v) is 3.95. The lowest BCUT2D eigenvalue weighted by Crippen LogP contribution is -2.50. The monoisotopic (exact) mass is 371 g/mol. The van der Waals surface area contributed by atoms with Gasteiger partial charge in [0.15, 0.2) is 0 Å². The van der Waals surface area contributed by atoms with E-state index in [-0.39, 0.29) is 24.4 Å². The van der Waals surface area contributed by atoms with E-state index in [9.17, 15) is 4.79 Å². The van der Waals surface area contributed by atoms with E-state index in [1.54, 1.807) is 0 Å². The smallest absolute Gasteiger partial charge is 0.234 e. The van der Waals surface area contributed by atoms with Crippen LogP contribution < -0.4 is 10.6 Å². The zero-order chi connectivity index (χ0) is 16.1. The predicted octanol–water partition coefficient (Wildman–Crippen LogP) is 3.16. The molecule has 1 heterocycles. The second kappa shape index (κ2) is 9.62. The zero-order valence-electron chi connectivity index (χ0n) is 14.0. The Balaban J connectivity index is 0.00000208. The van der Waals surface area contributed by atoms with E-state index < -0.39 is 0 Å². The largest absolute Gasteiger partial charge is 0.352 e. The van der Waals surface area contributed by atoms with Gasteiger partial charge in [-0.05, 0) is 24.5 Å². The molecule has 0 radical (unpaired) electrons. The molecule has 134 valence electrons. The van der Waals surface area contributed by atoms with Gasteiger partial charge in [0.1, 0.15) is 0 Å². The molecule has 4 nitrogen and oxygen atoms in total. The number of nitrogens with one attached hydrogen (secondary N) is 2. The molecular formula is C18H27Cl2N3O. The molecule has 2 fully saturated rings. The Hall–Kier alpha value is -0.810. The molecule has 0 aromatic heterocycles. The van der Waals surface area contributed by atoms with Gasteiger partial charge in [-0.2, -0.15) is 0 Å². The van der Waals surface area contributed by atoms with Gasteiger partial charge in [0.05, 0.1) is 6.54 Å². The summed E-state index contributed by atoms with van der Waals surface area (Å²) in [5.74, 6) is 0.149. The highest BCUT2D eigenvalue weighted by Gasteiger charge is 2.27. The quantitative estimate of drug-likeness (QED) is 0.854. The van der Waals surface area contributed by atoms with Crippen molar-refractivity contribution in [2.24, 2.45) is 0 Å². The Labute approximate surface area is 155 Å². The highest BCUT2D eigenvalue weighted by Crippen LogP contribution is 2.28. The van der Waals surface area contributed by atoms with E-state index >= 15 is 0 Å². The van der Waals surface area contributed by atoms with Crippen LogP contribution >= 0.6 is 24.0 Å². The van der Waals surface area contributed by atoms with Crippen molar-refractivity contribution < 1.29 is 4.79 Å². The van der Waals surface area contributed by atoms with Crippen molar-refractivity contribution in [3.05, 3.63) is 34.9 Å². The number of hydrogen-bond acceptors (Lipinski definition) is 3. The summed E-state index contributed by atoms with van der Waals surface area (Å²) in [4.78, 5) is 14.7. The molecule has 6 heteroatoms. The number of carbonyl (C=O) groups is 1. The maximum atomic E-state index is 12.4. The normalized spacial score (nSPS) is 22.6. The van der Waals surface area contributed by atoms with Crippen molar-refractivity contribution in [1.29, 1.82) is 0 Å². The minimum atomic E-state index is 0. The molecule has 2 N–H and O–H groups in total. The van der Waals surface area contributed by atoms with Crippen LogP contribution in [-0.4, -0.2) is 43.0 Å². The lowest BCUT2D eigenvalue weighted by atomic mass is 9.95. The van der Waals surface area contributed by atoms with Crippen LogP contribution in [0.1, 0.15) is 43.7 Å². The lowest BCUT2D eigenvalue weighted by molar-refractivity contribution is -0.124. The van der Waals surface area contributed by atoms with Gasteiger partial charge in [-0.25, -0.2) is 0 Å². The summed E-state index contributed by atoms with van der Waals surface area (Å²) in [6.07, 6.45) is 6.03. The summed E-state index contributed by atoms with van der Waals surface area (Å²) in [7, 11) is 0. The minimum Gasteiger partial charge on any atom is -0.352 e. The molecule has 2 aliphatic rings. The van der Waals surface area contributed by atoms with Gasteiger partial charge in [-0.15, -0.1) is 12.4 Å². The molecule has 1 unspecified atom stereocenters. The molecule has 1 saturated heterocycles. The van der Waals surface area contributed by atoms with Crippen LogP contribution in [0.5, 0.6) is 0 Å². The highest BCUT2D eigenvalue weighted by atomic mass is 35.5. The average molecular weight is 372 g/mol. The van der Waals surface area contributed by atoms with Crippen molar-refractivity contribution in [3.8, 4) is 0 Å². The van der Waals surface area contributed by atoms with Crippen LogP contribution in [0.3, 0.4) is 0 Å². The average Bonchev–Trinajstić information content (AvgIpc) is 2.57. The molecule has 1 saturated carbocycles. The second-order valence-electron chi connectivity index (χ2n) is 6.61. The Bertz CT molecular complexity index is 535. The lowest BCUT2D eigenvalue weighted by Gasteiger charge is -2.36. The number of rotatable bonds is 4. The van der Waals surface area contributed by atoms with E-state index in [1.165, 1.54) is 19.3 Å². The Morgan fingerprint density at radius 2 is 2.00 bits per heavy atom. The Morgan fingerprint density at radius 1 is 1.25 bits per heavy atom. The second-order valence-corrected chi connectivity index (χ2v) is 7.02. The molecule has 1 aliphatic carbocycles. The standard InChI is InChI=1S/C18H26ClN3O.ClH/c19-16-9-5-4-8-15(16)17-12-20-10-11-22(17)13-18(23)21-14-6-2-1-3-7-14;/h4-5,8-9,14,17,20H,1-3,6-7,10-13H2,(H,21,23);1H. The summed E-state index contributed by atoms with van der Waals surface area (Å²) in [5.41, 5.74) is 1.10. The Kier molecular flexibility index (Phi) is 7.82. The molecule has 1 aromatic carbocycles. The minimum absolute atomic E-state index is 0. The fraction of sp³-hybridized carbons (Fsp3) is 0.611. The number of nitrogens with zero attached hydrogens (tertiary/aromatic N) is 1. The number of piperazine rings is 1. The van der Waals surface area contributed by atoms with Gasteiger partial charge in [-0.3, -0.25) is 9.69 Å². The van der Waals surface area contributed by atoms with Crippen LogP contribution in [0.4, 0.5) is 0 Å². The first-order valence-corrected chi connectivity index (χ1v) is 9.10. The van der Waals surface area contributed by atoms with Gasteiger partial charge < -0.3 is 10.6 Å². The molecule has 3 rings (SSSR count). The molecular weight excluding hydrogens is 345 g/mol. The number of benzene rings is 1. The van der Waals surface area contributed by atoms with E-state index in [0.717, 1.165) is 43.1 Å². The SMILES string of the molecule is Cl.O=C(CN1CCNCC1c1ccccc1Cl)NC1CCCCC1. The molecule has 0 spiro atoms. The maximum absolute atomic E-state index is 12.4. The van der Waals surface area contributed by atoms with Gasteiger partial charge in [0.2, 0.25) is 5.91 Å². The summed E-state index contributed by atoms with van der Waals surface area (Å²) >= 11 is 6.36. The third-order valence-electron chi connectivity index (χ3n) is 4.94. The van der Waals surface area contributed by atoms with Crippen molar-refractivity contribution in [2.75, 3.05) is 26.2 Å². The Morgan fingerprint density at radius 3 is 2.75 bits per heavy atom.